The maximum absolute atomic E-state index is 13.6. The number of carbonyl (C=O) groups excluding carboxylic acids is 1. The molecule has 2 N–H and O–H groups in total. The lowest BCUT2D eigenvalue weighted by atomic mass is 9.81. The molecule has 0 aromatic heterocycles. The fourth-order valence-electron chi connectivity index (χ4n) is 5.90. The summed E-state index contributed by atoms with van der Waals surface area (Å²) >= 11 is 0. The van der Waals surface area contributed by atoms with Crippen LogP contribution in [0.3, 0.4) is 0 Å². The van der Waals surface area contributed by atoms with Gasteiger partial charge in [0.2, 0.25) is 11.7 Å². The van der Waals surface area contributed by atoms with Crippen LogP contribution in [0, 0.1) is 0 Å². The fraction of sp³-hybridized carbons (Fsp3) is 0.357. The van der Waals surface area contributed by atoms with Gasteiger partial charge in [-0.3, -0.25) is 4.79 Å². The van der Waals surface area contributed by atoms with E-state index in [9.17, 15) is 4.79 Å². The van der Waals surface area contributed by atoms with Crippen LogP contribution in [0.2, 0.25) is 0 Å². The second-order valence-electron chi connectivity index (χ2n) is 9.40. The van der Waals surface area contributed by atoms with Gasteiger partial charge in [-0.15, -0.1) is 0 Å². The van der Waals surface area contributed by atoms with E-state index in [2.05, 4.69) is 57.7 Å². The Hall–Kier alpha value is -3.22. The molecule has 6 rings (SSSR count). The van der Waals surface area contributed by atoms with Crippen LogP contribution in [0.15, 0.2) is 84.0 Å². The smallest absolute Gasteiger partial charge is 0.375 e. The Morgan fingerprint density at radius 1 is 1.12 bits per heavy atom. The average molecular weight is 457 g/mol. The zero-order chi connectivity index (χ0) is 23.1. The third kappa shape index (κ3) is 3.32. The third-order valence-electron chi connectivity index (χ3n) is 7.44. The molecule has 4 aliphatic heterocycles. The van der Waals surface area contributed by atoms with Crippen molar-refractivity contribution in [2.45, 2.75) is 43.1 Å². The van der Waals surface area contributed by atoms with Gasteiger partial charge in [0.1, 0.15) is 11.7 Å². The number of carbonyl (C=O) groups is 1. The molecule has 0 radical (unpaired) electrons. The van der Waals surface area contributed by atoms with Gasteiger partial charge in [0.15, 0.2) is 5.60 Å². The lowest BCUT2D eigenvalue weighted by Crippen LogP contribution is -2.44. The number of rotatable bonds is 5. The SMILES string of the molecule is COC1=[N+](c2ccccc2)C(Cc2ccccc2)C23C=CC(O2)C(C(=O)NC2CCNCC2)=C13. The van der Waals surface area contributed by atoms with E-state index >= 15 is 0 Å². The van der Waals surface area contributed by atoms with E-state index in [-0.39, 0.29) is 24.1 Å². The molecule has 0 saturated carbocycles. The van der Waals surface area contributed by atoms with Gasteiger partial charge >= 0.3 is 5.90 Å². The Bertz CT molecular complexity index is 1180. The number of nitrogens with zero attached hydrogens (tertiary/aromatic N) is 1. The van der Waals surface area contributed by atoms with Crippen molar-refractivity contribution >= 4 is 17.5 Å². The number of nitrogens with one attached hydrogen (secondary N) is 2. The molecule has 1 fully saturated rings. The van der Waals surface area contributed by atoms with Gasteiger partial charge < -0.3 is 20.1 Å². The summed E-state index contributed by atoms with van der Waals surface area (Å²) in [6.07, 6.45) is 6.47. The van der Waals surface area contributed by atoms with Crippen LogP contribution in [0.25, 0.3) is 0 Å². The van der Waals surface area contributed by atoms with Gasteiger partial charge in [-0.25, -0.2) is 0 Å². The molecule has 0 aliphatic carbocycles. The molecule has 2 aromatic rings. The van der Waals surface area contributed by atoms with Gasteiger partial charge in [-0.05, 0) is 37.6 Å². The number of hydrogen-bond donors (Lipinski definition) is 2. The van der Waals surface area contributed by atoms with Gasteiger partial charge in [0.25, 0.3) is 5.91 Å². The highest BCUT2D eigenvalue weighted by molar-refractivity contribution is 6.08. The zero-order valence-corrected chi connectivity index (χ0v) is 19.4. The molecule has 174 valence electrons. The van der Waals surface area contributed by atoms with Crippen LogP contribution in [0.1, 0.15) is 18.4 Å². The minimum Gasteiger partial charge on any atom is -0.447 e. The molecule has 6 nitrogen and oxygen atoms in total. The van der Waals surface area contributed by atoms with Crippen molar-refractivity contribution in [1.82, 2.24) is 10.6 Å². The van der Waals surface area contributed by atoms with Gasteiger partial charge in [0, 0.05) is 24.6 Å². The van der Waals surface area contributed by atoms with Crippen LogP contribution >= 0.6 is 0 Å². The highest BCUT2D eigenvalue weighted by atomic mass is 16.5. The second kappa shape index (κ2) is 8.53. The first kappa shape index (κ1) is 21.3. The van der Waals surface area contributed by atoms with E-state index in [1.165, 1.54) is 5.56 Å². The third-order valence-corrected chi connectivity index (χ3v) is 7.44. The molecule has 1 saturated heterocycles. The summed E-state index contributed by atoms with van der Waals surface area (Å²) in [6.45, 7) is 1.86. The maximum atomic E-state index is 13.6. The quantitative estimate of drug-likeness (QED) is 0.537. The summed E-state index contributed by atoms with van der Waals surface area (Å²) in [5, 5.41) is 6.64. The number of para-hydroxylation sites is 1. The summed E-state index contributed by atoms with van der Waals surface area (Å²) in [5.41, 5.74) is 3.08. The number of hydrogen-bond acceptors (Lipinski definition) is 4. The Morgan fingerprint density at radius 3 is 2.53 bits per heavy atom. The van der Waals surface area contributed by atoms with Crippen molar-refractivity contribution in [3.05, 3.63) is 89.5 Å². The molecule has 1 spiro atoms. The van der Waals surface area contributed by atoms with Crippen molar-refractivity contribution in [3.8, 4) is 0 Å². The minimum absolute atomic E-state index is 0.0407. The average Bonchev–Trinajstić information content (AvgIpc) is 3.53. The molecule has 2 aromatic carbocycles. The van der Waals surface area contributed by atoms with Crippen LogP contribution in [0.4, 0.5) is 5.69 Å². The summed E-state index contributed by atoms with van der Waals surface area (Å²) in [6, 6.07) is 20.8. The summed E-state index contributed by atoms with van der Waals surface area (Å²) in [5.74, 6) is 0.662. The first-order valence-corrected chi connectivity index (χ1v) is 12.1. The highest BCUT2D eigenvalue weighted by Gasteiger charge is 2.68. The number of methoxy groups -OCH3 is 1. The first-order valence-electron chi connectivity index (χ1n) is 12.1. The Balaban J connectivity index is 1.47. The van der Waals surface area contributed by atoms with Crippen molar-refractivity contribution in [2.75, 3.05) is 20.2 Å². The van der Waals surface area contributed by atoms with Crippen LogP contribution in [-0.4, -0.2) is 60.4 Å². The minimum atomic E-state index is -0.720. The summed E-state index contributed by atoms with van der Waals surface area (Å²) in [4.78, 5) is 13.6. The van der Waals surface area contributed by atoms with Crippen molar-refractivity contribution in [1.29, 1.82) is 0 Å². The Morgan fingerprint density at radius 2 is 1.82 bits per heavy atom. The highest BCUT2D eigenvalue weighted by Crippen LogP contribution is 2.52. The largest absolute Gasteiger partial charge is 0.447 e. The van der Waals surface area contributed by atoms with Crippen molar-refractivity contribution in [3.63, 3.8) is 0 Å². The maximum Gasteiger partial charge on any atom is 0.375 e. The molecule has 3 atom stereocenters. The standard InChI is InChI=1S/C28H29N3O3/c1-33-27-25-24(26(32)30-20-13-16-29-17-14-20)22-12-15-28(25,34-22)23(18-19-8-4-2-5-9-19)31(27)21-10-6-3-7-11-21/h2-12,15,20,22-23,29H,13-14,16-18H2,1H3/p+1. The van der Waals surface area contributed by atoms with E-state index in [4.69, 9.17) is 9.47 Å². The topological polar surface area (TPSA) is 62.6 Å². The molecular weight excluding hydrogens is 426 g/mol. The van der Waals surface area contributed by atoms with Crippen LogP contribution in [-0.2, 0) is 20.7 Å². The predicted octanol–water partition coefficient (Wildman–Crippen LogP) is 2.87. The second-order valence-corrected chi connectivity index (χ2v) is 9.40. The monoisotopic (exact) mass is 456 g/mol. The molecule has 3 unspecified atom stereocenters. The lowest BCUT2D eigenvalue weighted by Gasteiger charge is -2.24. The lowest BCUT2D eigenvalue weighted by molar-refractivity contribution is -0.499. The van der Waals surface area contributed by atoms with E-state index < -0.39 is 5.60 Å². The molecular formula is C28H30N3O3+. The Kier molecular flexibility index (Phi) is 5.35. The summed E-state index contributed by atoms with van der Waals surface area (Å²) < 4.78 is 14.9. The van der Waals surface area contributed by atoms with E-state index in [0.717, 1.165) is 43.6 Å². The van der Waals surface area contributed by atoms with Crippen molar-refractivity contribution in [2.24, 2.45) is 0 Å². The fourth-order valence-corrected chi connectivity index (χ4v) is 5.90. The van der Waals surface area contributed by atoms with E-state index in [1.54, 1.807) is 7.11 Å². The van der Waals surface area contributed by atoms with Crippen molar-refractivity contribution < 1.29 is 18.8 Å². The normalized spacial score (nSPS) is 27.9. The summed E-state index contributed by atoms with van der Waals surface area (Å²) in [7, 11) is 1.69. The molecule has 2 bridgehead atoms. The zero-order valence-electron chi connectivity index (χ0n) is 19.4. The number of benzene rings is 2. The van der Waals surface area contributed by atoms with Crippen LogP contribution in [0.5, 0.6) is 0 Å². The number of fused-ring (bicyclic) bond motifs is 1. The number of piperidine rings is 1. The molecule has 34 heavy (non-hydrogen) atoms. The number of ether oxygens (including phenoxy) is 2. The molecule has 6 heteroatoms. The Labute approximate surface area is 200 Å². The molecule has 4 aliphatic rings. The van der Waals surface area contributed by atoms with E-state index in [0.29, 0.717) is 11.5 Å². The van der Waals surface area contributed by atoms with Gasteiger partial charge in [-0.1, -0.05) is 54.6 Å². The molecule has 4 heterocycles. The van der Waals surface area contributed by atoms with Crippen LogP contribution < -0.4 is 10.6 Å². The molecule has 1 amide bonds. The van der Waals surface area contributed by atoms with E-state index in [1.807, 2.05) is 30.3 Å². The first-order chi connectivity index (χ1) is 16.7. The van der Waals surface area contributed by atoms with Gasteiger partial charge in [0.05, 0.1) is 12.7 Å². The van der Waals surface area contributed by atoms with Gasteiger partial charge in [-0.2, -0.15) is 4.58 Å². The number of amides is 1. The predicted molar refractivity (Wildman–Crippen MR) is 130 cm³/mol.